The second-order valence-corrected chi connectivity index (χ2v) is 15.7. The Morgan fingerprint density at radius 3 is 2.27 bits per heavy atom. The van der Waals surface area contributed by atoms with Crippen LogP contribution in [0.1, 0.15) is 60.9 Å². The maximum Gasteiger partial charge on any atom is 0.258 e. The third kappa shape index (κ3) is 4.86. The fourth-order valence-electron chi connectivity index (χ4n) is 6.86. The number of nitrogens with one attached hydrogen (secondary N) is 1. The smallest absolute Gasteiger partial charge is 0.258 e. The molecule has 1 saturated heterocycles. The lowest BCUT2D eigenvalue weighted by molar-refractivity contribution is -0.0412. The molecule has 3 fully saturated rings. The molecule has 0 radical (unpaired) electrons. The third-order valence-corrected chi connectivity index (χ3v) is 11.9. The Labute approximate surface area is 233 Å². The van der Waals surface area contributed by atoms with E-state index in [4.69, 9.17) is 0 Å². The van der Waals surface area contributed by atoms with Crippen molar-refractivity contribution in [3.8, 4) is 0 Å². The first kappa shape index (κ1) is 27.7. The first-order valence-electron chi connectivity index (χ1n) is 13.6. The number of piperidine rings is 1. The summed E-state index contributed by atoms with van der Waals surface area (Å²) in [5.74, 6) is -3.28. The SMILES string of the molecule is CS(=O)(=O)NC1CC2(CC2)CCC12CN(C(=O)c1cccc(S(=O)(=O)N3CCC(F)(F)CC3)c1)c1ccccc12. The number of rotatable bonds is 5. The standard InChI is InChI=1S/C28H33F2N3O5S2/c1-39(35,36)31-24-18-26(9-10-26)11-12-27(24)19-33(23-8-3-2-7-22(23)27)25(34)20-5-4-6-21(17-20)40(37,38)32-15-13-28(29,30)14-16-32/h2-8,17,24,31H,9-16,18-19H2,1H3. The van der Waals surface area contributed by atoms with Crippen LogP contribution in [0.3, 0.4) is 0 Å². The largest absolute Gasteiger partial charge is 0.307 e. The van der Waals surface area contributed by atoms with E-state index in [1.807, 2.05) is 24.3 Å². The number of carbonyl (C=O) groups is 1. The number of carbonyl (C=O) groups excluding carboxylic acids is 1. The van der Waals surface area contributed by atoms with E-state index in [0.717, 1.165) is 41.8 Å². The van der Waals surface area contributed by atoms with Gasteiger partial charge >= 0.3 is 0 Å². The zero-order chi connectivity index (χ0) is 28.6. The van der Waals surface area contributed by atoms with Gasteiger partial charge in [-0.25, -0.2) is 30.3 Å². The van der Waals surface area contributed by atoms with E-state index in [1.54, 1.807) is 11.0 Å². The number of nitrogens with zero attached hydrogens (tertiary/aromatic N) is 2. The minimum absolute atomic E-state index is 0.115. The number of benzene rings is 2. The average Bonchev–Trinajstić information content (AvgIpc) is 3.57. The number of amides is 1. The molecule has 40 heavy (non-hydrogen) atoms. The Bertz CT molecular complexity index is 1570. The lowest BCUT2D eigenvalue weighted by Gasteiger charge is -2.45. The highest BCUT2D eigenvalue weighted by atomic mass is 32.2. The molecule has 2 aromatic rings. The molecule has 8 nitrogen and oxygen atoms in total. The molecule has 2 aromatic carbocycles. The monoisotopic (exact) mass is 593 g/mol. The molecule has 6 rings (SSSR count). The molecule has 1 amide bonds. The van der Waals surface area contributed by atoms with Crippen LogP contribution in [0.15, 0.2) is 53.4 Å². The van der Waals surface area contributed by atoms with E-state index in [0.29, 0.717) is 12.1 Å². The van der Waals surface area contributed by atoms with E-state index < -0.39 is 50.1 Å². The van der Waals surface area contributed by atoms with Crippen molar-refractivity contribution in [2.24, 2.45) is 5.41 Å². The molecule has 2 atom stereocenters. The van der Waals surface area contributed by atoms with Gasteiger partial charge in [0.1, 0.15) is 0 Å². The quantitative estimate of drug-likeness (QED) is 0.567. The Hall–Kier alpha value is -2.41. The van der Waals surface area contributed by atoms with Crippen LogP contribution >= 0.6 is 0 Å². The molecule has 0 bridgehead atoms. The van der Waals surface area contributed by atoms with Crippen molar-refractivity contribution in [2.45, 2.75) is 67.2 Å². The summed E-state index contributed by atoms with van der Waals surface area (Å²) in [6.45, 7) is -0.301. The number of fused-ring (bicyclic) bond motifs is 2. The molecule has 2 spiro atoms. The Morgan fingerprint density at radius 1 is 0.925 bits per heavy atom. The zero-order valence-electron chi connectivity index (χ0n) is 22.3. The van der Waals surface area contributed by atoms with Crippen LogP contribution in [-0.4, -0.2) is 64.9 Å². The van der Waals surface area contributed by atoms with Gasteiger partial charge in [-0.15, -0.1) is 0 Å². The van der Waals surface area contributed by atoms with Crippen molar-refractivity contribution in [1.82, 2.24) is 9.03 Å². The van der Waals surface area contributed by atoms with Gasteiger partial charge in [0.05, 0.1) is 11.2 Å². The van der Waals surface area contributed by atoms with Gasteiger partial charge < -0.3 is 4.90 Å². The van der Waals surface area contributed by atoms with Crippen LogP contribution in [-0.2, 0) is 25.5 Å². The van der Waals surface area contributed by atoms with E-state index >= 15 is 0 Å². The zero-order valence-corrected chi connectivity index (χ0v) is 23.9. The first-order valence-corrected chi connectivity index (χ1v) is 16.9. The van der Waals surface area contributed by atoms with Gasteiger partial charge in [-0.05, 0) is 67.3 Å². The number of halogens is 2. The summed E-state index contributed by atoms with van der Waals surface area (Å²) in [6, 6.07) is 12.9. The van der Waals surface area contributed by atoms with Crippen LogP contribution < -0.4 is 9.62 Å². The summed E-state index contributed by atoms with van der Waals surface area (Å²) in [7, 11) is -7.58. The molecule has 2 aliphatic heterocycles. The van der Waals surface area contributed by atoms with Gasteiger partial charge in [0, 0.05) is 55.2 Å². The Balaban J connectivity index is 1.32. The van der Waals surface area contributed by atoms with Crippen LogP contribution in [0.2, 0.25) is 0 Å². The Morgan fingerprint density at radius 2 is 1.60 bits per heavy atom. The average molecular weight is 594 g/mol. The van der Waals surface area contributed by atoms with Crippen molar-refractivity contribution in [3.05, 3.63) is 59.7 Å². The molecular formula is C28H33F2N3O5S2. The Kier molecular flexibility index (Phi) is 6.45. The number of hydrogen-bond donors (Lipinski definition) is 1. The van der Waals surface area contributed by atoms with Gasteiger partial charge in [0.15, 0.2) is 0 Å². The lowest BCUT2D eigenvalue weighted by Crippen LogP contribution is -2.56. The molecule has 2 heterocycles. The number of para-hydroxylation sites is 1. The maximum absolute atomic E-state index is 14.0. The van der Waals surface area contributed by atoms with Crippen molar-refractivity contribution in [3.63, 3.8) is 0 Å². The third-order valence-electron chi connectivity index (χ3n) is 9.31. The van der Waals surface area contributed by atoms with E-state index in [2.05, 4.69) is 4.72 Å². The molecular weight excluding hydrogens is 560 g/mol. The van der Waals surface area contributed by atoms with Crippen molar-refractivity contribution < 1.29 is 30.4 Å². The van der Waals surface area contributed by atoms with E-state index in [-0.39, 0.29) is 41.6 Å². The summed E-state index contributed by atoms with van der Waals surface area (Å²) in [4.78, 5) is 15.5. The number of hydrogen-bond acceptors (Lipinski definition) is 5. The van der Waals surface area contributed by atoms with Crippen molar-refractivity contribution >= 4 is 31.6 Å². The fraction of sp³-hybridized carbons (Fsp3) is 0.536. The normalized spacial score (nSPS) is 27.6. The molecule has 2 unspecified atom stereocenters. The summed E-state index contributed by atoms with van der Waals surface area (Å²) < 4.78 is 82.6. The minimum Gasteiger partial charge on any atom is -0.307 e. The molecule has 4 aliphatic rings. The second-order valence-electron chi connectivity index (χ2n) is 12.0. The highest BCUT2D eigenvalue weighted by molar-refractivity contribution is 7.89. The molecule has 1 N–H and O–H groups in total. The maximum atomic E-state index is 14.0. The van der Waals surface area contributed by atoms with Gasteiger partial charge in [0.25, 0.3) is 11.8 Å². The number of sulfonamides is 2. The topological polar surface area (TPSA) is 104 Å². The second kappa shape index (κ2) is 9.30. The summed E-state index contributed by atoms with van der Waals surface area (Å²) >= 11 is 0. The molecule has 2 aliphatic carbocycles. The highest BCUT2D eigenvalue weighted by Crippen LogP contribution is 2.62. The van der Waals surface area contributed by atoms with Gasteiger partial charge in [-0.3, -0.25) is 4.79 Å². The van der Waals surface area contributed by atoms with Gasteiger partial charge in [-0.1, -0.05) is 24.3 Å². The number of anilines is 1. The lowest BCUT2D eigenvalue weighted by atomic mass is 9.63. The molecule has 2 saturated carbocycles. The summed E-state index contributed by atoms with van der Waals surface area (Å²) in [5, 5.41) is 0. The summed E-state index contributed by atoms with van der Waals surface area (Å²) in [5.41, 5.74) is 1.31. The number of alkyl halides is 2. The minimum atomic E-state index is -4.06. The molecule has 12 heteroatoms. The fourth-order valence-corrected chi connectivity index (χ4v) is 9.17. The van der Waals surface area contributed by atoms with Crippen molar-refractivity contribution in [1.29, 1.82) is 0 Å². The van der Waals surface area contributed by atoms with Crippen LogP contribution in [0.25, 0.3) is 0 Å². The van der Waals surface area contributed by atoms with Gasteiger partial charge in [0.2, 0.25) is 20.0 Å². The molecule has 0 aromatic heterocycles. The predicted molar refractivity (Wildman–Crippen MR) is 146 cm³/mol. The predicted octanol–water partition coefficient (Wildman–Crippen LogP) is 3.89. The van der Waals surface area contributed by atoms with E-state index in [9.17, 15) is 30.4 Å². The van der Waals surface area contributed by atoms with Crippen LogP contribution in [0.5, 0.6) is 0 Å². The van der Waals surface area contributed by atoms with Crippen LogP contribution in [0.4, 0.5) is 14.5 Å². The highest BCUT2D eigenvalue weighted by Gasteiger charge is 2.59. The summed E-state index contributed by atoms with van der Waals surface area (Å²) in [6.07, 6.45) is 4.62. The van der Waals surface area contributed by atoms with E-state index in [1.165, 1.54) is 18.2 Å². The van der Waals surface area contributed by atoms with Gasteiger partial charge in [-0.2, -0.15) is 4.31 Å². The molecule has 216 valence electrons. The van der Waals surface area contributed by atoms with Crippen molar-refractivity contribution in [2.75, 3.05) is 30.8 Å². The van der Waals surface area contributed by atoms with Crippen LogP contribution in [0, 0.1) is 5.41 Å². The first-order chi connectivity index (χ1) is 18.7.